The fourth-order valence-corrected chi connectivity index (χ4v) is 3.06. The Kier molecular flexibility index (Phi) is 5.76. The summed E-state index contributed by atoms with van der Waals surface area (Å²) in [5, 5.41) is 3.20. The topological polar surface area (TPSA) is 54.5 Å². The molecule has 1 aromatic rings. The van der Waals surface area contributed by atoms with Crippen molar-refractivity contribution in [2.24, 2.45) is 11.8 Å². The van der Waals surface area contributed by atoms with Crippen molar-refractivity contribution in [2.75, 3.05) is 20.2 Å². The quantitative estimate of drug-likeness (QED) is 0.872. The van der Waals surface area contributed by atoms with Crippen LogP contribution in [0.15, 0.2) is 24.5 Å². The zero-order valence-corrected chi connectivity index (χ0v) is 14.9. The van der Waals surface area contributed by atoms with Crippen molar-refractivity contribution >= 4 is 5.91 Å². The van der Waals surface area contributed by atoms with E-state index < -0.39 is 5.60 Å². The summed E-state index contributed by atoms with van der Waals surface area (Å²) in [7, 11) is 1.57. The van der Waals surface area contributed by atoms with Crippen LogP contribution in [0.5, 0.6) is 0 Å². The van der Waals surface area contributed by atoms with E-state index in [1.165, 1.54) is 5.56 Å². The number of ether oxygens (including phenoxy) is 1. The zero-order valence-electron chi connectivity index (χ0n) is 14.9. The number of rotatable bonds is 6. The van der Waals surface area contributed by atoms with Crippen LogP contribution in [-0.4, -0.2) is 47.6 Å². The van der Waals surface area contributed by atoms with Crippen molar-refractivity contribution in [2.45, 2.75) is 45.9 Å². The summed E-state index contributed by atoms with van der Waals surface area (Å²) in [4.78, 5) is 19.0. The standard InChI is InChI=1S/C18H29N3O2/c1-13(2)15-11-21(10-14-7-6-8-19-9-14)12-16(15)20-17(22)18(3,4)23-5/h6-9,13,15-16H,10-12H2,1-5H3,(H,20,22)/t15-,16+/m0/s1. The predicted octanol–water partition coefficient (Wildman–Crippen LogP) is 2.08. The molecule has 1 fully saturated rings. The molecule has 1 aromatic heterocycles. The molecule has 0 spiro atoms. The molecule has 0 saturated carbocycles. The van der Waals surface area contributed by atoms with Gasteiger partial charge in [0.05, 0.1) is 0 Å². The van der Waals surface area contributed by atoms with Crippen molar-refractivity contribution in [3.63, 3.8) is 0 Å². The lowest BCUT2D eigenvalue weighted by atomic mass is 9.91. The van der Waals surface area contributed by atoms with E-state index in [4.69, 9.17) is 4.74 Å². The SMILES string of the molecule is COC(C)(C)C(=O)N[C@@H]1CN(Cc2cccnc2)C[C@H]1C(C)C. The molecule has 128 valence electrons. The molecule has 1 saturated heterocycles. The fraction of sp³-hybridized carbons (Fsp3) is 0.667. The van der Waals surface area contributed by atoms with Gasteiger partial charge in [0.15, 0.2) is 0 Å². The van der Waals surface area contributed by atoms with Crippen LogP contribution in [0.1, 0.15) is 33.3 Å². The Labute approximate surface area is 139 Å². The third kappa shape index (κ3) is 4.52. The largest absolute Gasteiger partial charge is 0.369 e. The molecule has 1 N–H and O–H groups in total. The molecule has 2 rings (SSSR count). The number of hydrogen-bond acceptors (Lipinski definition) is 4. The molecule has 2 heterocycles. The minimum absolute atomic E-state index is 0.0427. The van der Waals surface area contributed by atoms with E-state index in [2.05, 4.69) is 35.1 Å². The number of pyridine rings is 1. The second kappa shape index (κ2) is 7.41. The summed E-state index contributed by atoms with van der Waals surface area (Å²) >= 11 is 0. The number of carbonyl (C=O) groups excluding carboxylic acids is 1. The van der Waals surface area contributed by atoms with Crippen LogP contribution in [0.4, 0.5) is 0 Å². The molecule has 1 aliphatic heterocycles. The summed E-state index contributed by atoms with van der Waals surface area (Å²) in [6.45, 7) is 10.8. The molecule has 1 amide bonds. The first-order chi connectivity index (χ1) is 10.8. The van der Waals surface area contributed by atoms with E-state index in [1.807, 2.05) is 12.3 Å². The minimum atomic E-state index is -0.793. The Hall–Kier alpha value is -1.46. The Balaban J connectivity index is 2.02. The number of methoxy groups -OCH3 is 1. The second-order valence-electron chi connectivity index (χ2n) is 7.26. The third-order valence-electron chi connectivity index (χ3n) is 4.80. The number of carbonyl (C=O) groups is 1. The van der Waals surface area contributed by atoms with Gasteiger partial charge in [0, 0.05) is 45.2 Å². The maximum Gasteiger partial charge on any atom is 0.251 e. The molecular formula is C18H29N3O2. The Bertz CT molecular complexity index is 516. The first kappa shape index (κ1) is 17.9. The van der Waals surface area contributed by atoms with Gasteiger partial charge in [0.1, 0.15) is 5.60 Å². The third-order valence-corrected chi connectivity index (χ3v) is 4.80. The van der Waals surface area contributed by atoms with E-state index in [0.29, 0.717) is 11.8 Å². The number of nitrogens with zero attached hydrogens (tertiary/aromatic N) is 2. The van der Waals surface area contributed by atoms with Crippen LogP contribution in [0.25, 0.3) is 0 Å². The Morgan fingerprint density at radius 2 is 2.22 bits per heavy atom. The minimum Gasteiger partial charge on any atom is -0.369 e. The monoisotopic (exact) mass is 319 g/mol. The van der Waals surface area contributed by atoms with Crippen LogP contribution >= 0.6 is 0 Å². The molecule has 1 aliphatic rings. The fourth-order valence-electron chi connectivity index (χ4n) is 3.06. The van der Waals surface area contributed by atoms with Crippen molar-refractivity contribution < 1.29 is 9.53 Å². The molecule has 5 heteroatoms. The highest BCUT2D eigenvalue weighted by molar-refractivity contribution is 5.84. The Morgan fingerprint density at radius 1 is 1.48 bits per heavy atom. The first-order valence-electron chi connectivity index (χ1n) is 8.31. The molecule has 0 radical (unpaired) electrons. The average molecular weight is 319 g/mol. The van der Waals surface area contributed by atoms with Gasteiger partial charge in [-0.3, -0.25) is 14.7 Å². The van der Waals surface area contributed by atoms with Gasteiger partial charge >= 0.3 is 0 Å². The molecule has 2 atom stereocenters. The summed E-state index contributed by atoms with van der Waals surface area (Å²) < 4.78 is 5.29. The van der Waals surface area contributed by atoms with Crippen molar-refractivity contribution in [3.8, 4) is 0 Å². The summed E-state index contributed by atoms with van der Waals surface area (Å²) in [5.74, 6) is 0.923. The summed E-state index contributed by atoms with van der Waals surface area (Å²) in [6, 6.07) is 4.22. The lowest BCUT2D eigenvalue weighted by Crippen LogP contribution is -2.51. The van der Waals surface area contributed by atoms with Gasteiger partial charge in [-0.1, -0.05) is 19.9 Å². The van der Waals surface area contributed by atoms with Gasteiger partial charge in [-0.15, -0.1) is 0 Å². The first-order valence-corrected chi connectivity index (χ1v) is 8.31. The zero-order chi connectivity index (χ0) is 17.0. The summed E-state index contributed by atoms with van der Waals surface area (Å²) in [6.07, 6.45) is 3.70. The van der Waals surface area contributed by atoms with Gasteiger partial charge in [-0.05, 0) is 37.3 Å². The van der Waals surface area contributed by atoms with E-state index in [9.17, 15) is 4.79 Å². The van der Waals surface area contributed by atoms with Gasteiger partial charge in [0.2, 0.25) is 0 Å². The van der Waals surface area contributed by atoms with Crippen molar-refractivity contribution in [3.05, 3.63) is 30.1 Å². The van der Waals surface area contributed by atoms with Gasteiger partial charge in [-0.2, -0.15) is 0 Å². The molecular weight excluding hydrogens is 290 g/mol. The molecule has 0 aromatic carbocycles. The summed E-state index contributed by atoms with van der Waals surface area (Å²) in [5.41, 5.74) is 0.414. The van der Waals surface area contributed by atoms with Crippen LogP contribution in [0, 0.1) is 11.8 Å². The van der Waals surface area contributed by atoms with Gasteiger partial charge < -0.3 is 10.1 Å². The van der Waals surface area contributed by atoms with Crippen LogP contribution in [0.3, 0.4) is 0 Å². The maximum atomic E-state index is 12.4. The smallest absolute Gasteiger partial charge is 0.251 e. The average Bonchev–Trinajstić information content (AvgIpc) is 2.91. The molecule has 0 bridgehead atoms. The Morgan fingerprint density at radius 3 is 2.78 bits per heavy atom. The van der Waals surface area contributed by atoms with Gasteiger partial charge in [0.25, 0.3) is 5.91 Å². The maximum absolute atomic E-state index is 12.4. The number of hydrogen-bond donors (Lipinski definition) is 1. The van der Waals surface area contributed by atoms with E-state index >= 15 is 0 Å². The number of nitrogens with one attached hydrogen (secondary N) is 1. The van der Waals surface area contributed by atoms with Crippen molar-refractivity contribution in [1.82, 2.24) is 15.2 Å². The molecule has 23 heavy (non-hydrogen) atoms. The van der Waals surface area contributed by atoms with Crippen LogP contribution in [0.2, 0.25) is 0 Å². The number of aromatic nitrogens is 1. The predicted molar refractivity (Wildman–Crippen MR) is 90.9 cm³/mol. The van der Waals surface area contributed by atoms with Crippen LogP contribution < -0.4 is 5.32 Å². The van der Waals surface area contributed by atoms with E-state index in [0.717, 1.165) is 19.6 Å². The van der Waals surface area contributed by atoms with Crippen LogP contribution in [-0.2, 0) is 16.1 Å². The molecule has 5 nitrogen and oxygen atoms in total. The molecule has 0 aliphatic carbocycles. The normalized spacial score (nSPS) is 22.5. The highest BCUT2D eigenvalue weighted by Gasteiger charge is 2.38. The lowest BCUT2D eigenvalue weighted by molar-refractivity contribution is -0.140. The highest BCUT2D eigenvalue weighted by Crippen LogP contribution is 2.26. The highest BCUT2D eigenvalue weighted by atomic mass is 16.5. The van der Waals surface area contributed by atoms with Gasteiger partial charge in [-0.25, -0.2) is 0 Å². The second-order valence-corrected chi connectivity index (χ2v) is 7.26. The number of amides is 1. The van der Waals surface area contributed by atoms with E-state index in [1.54, 1.807) is 27.2 Å². The van der Waals surface area contributed by atoms with Crippen molar-refractivity contribution in [1.29, 1.82) is 0 Å². The lowest BCUT2D eigenvalue weighted by Gasteiger charge is -2.28. The number of likely N-dealkylation sites (tertiary alicyclic amines) is 1. The van der Waals surface area contributed by atoms with E-state index in [-0.39, 0.29) is 11.9 Å². The molecule has 0 unspecified atom stereocenters.